The minimum absolute atomic E-state index is 0.0321. The molecule has 0 saturated heterocycles. The van der Waals surface area contributed by atoms with Crippen LogP contribution in [0, 0.1) is 0 Å². The van der Waals surface area contributed by atoms with Gasteiger partial charge in [-0.3, -0.25) is 4.79 Å². The van der Waals surface area contributed by atoms with Gasteiger partial charge in [0, 0.05) is 6.42 Å². The maximum absolute atomic E-state index is 11.7. The Hall–Kier alpha value is -2.57. The fraction of sp³-hybridized carbons (Fsp3) is 0.500. The Balaban J connectivity index is 2.37. The van der Waals surface area contributed by atoms with E-state index < -0.39 is 29.7 Å². The average Bonchev–Trinajstić information content (AvgIpc) is 2.51. The average molecular weight is 350 g/mol. The lowest BCUT2D eigenvalue weighted by molar-refractivity contribution is -0.308. The second-order valence-corrected chi connectivity index (χ2v) is 6.56. The normalized spacial score (nSPS) is 12.1. The number of carbonyl (C=O) groups excluding carboxylic acids is 3. The number of carboxylic acid groups (broad SMARTS) is 1. The fourth-order valence-electron chi connectivity index (χ4n) is 2.00. The van der Waals surface area contributed by atoms with Gasteiger partial charge in [0.05, 0.1) is 12.0 Å². The molecule has 0 fully saturated rings. The van der Waals surface area contributed by atoms with Gasteiger partial charge in [0.25, 0.3) is 0 Å². The van der Waals surface area contributed by atoms with Crippen molar-refractivity contribution in [3.63, 3.8) is 0 Å². The van der Waals surface area contributed by atoms with Crippen LogP contribution in [0.4, 0.5) is 4.79 Å². The third kappa shape index (κ3) is 9.34. The molecule has 0 saturated carbocycles. The summed E-state index contributed by atoms with van der Waals surface area (Å²) >= 11 is 0. The lowest BCUT2D eigenvalue weighted by Crippen LogP contribution is -2.48. The molecule has 0 aromatic heterocycles. The van der Waals surface area contributed by atoms with E-state index in [0.717, 1.165) is 5.56 Å². The highest BCUT2D eigenvalue weighted by Gasteiger charge is 2.18. The van der Waals surface area contributed by atoms with Crippen molar-refractivity contribution < 1.29 is 29.0 Å². The molecule has 1 N–H and O–H groups in total. The fourth-order valence-corrected chi connectivity index (χ4v) is 2.00. The summed E-state index contributed by atoms with van der Waals surface area (Å²) in [6.07, 6.45) is -0.508. The topological polar surface area (TPSA) is 105 Å². The molecule has 1 aromatic carbocycles. The van der Waals surface area contributed by atoms with Crippen LogP contribution in [0.25, 0.3) is 0 Å². The van der Waals surface area contributed by atoms with Gasteiger partial charge in [0.15, 0.2) is 0 Å². The number of ether oxygens (including phenoxy) is 2. The van der Waals surface area contributed by atoms with Crippen LogP contribution in [0.1, 0.15) is 45.6 Å². The smallest absolute Gasteiger partial charge is 0.407 e. The third-order valence-electron chi connectivity index (χ3n) is 3.08. The summed E-state index contributed by atoms with van der Waals surface area (Å²) in [4.78, 5) is 34.4. The molecule has 0 aliphatic carbocycles. The summed E-state index contributed by atoms with van der Waals surface area (Å²) in [5.41, 5.74) is 0.192. The molecule has 0 aliphatic heterocycles. The molecule has 0 radical (unpaired) electrons. The first-order valence-corrected chi connectivity index (χ1v) is 8.07. The minimum atomic E-state index is -1.43. The number of rotatable bonds is 8. The van der Waals surface area contributed by atoms with Gasteiger partial charge < -0.3 is 24.7 Å². The first kappa shape index (κ1) is 20.5. The number of nitrogens with one attached hydrogen (secondary N) is 1. The van der Waals surface area contributed by atoms with Gasteiger partial charge in [0.2, 0.25) is 0 Å². The van der Waals surface area contributed by atoms with E-state index in [1.54, 1.807) is 45.0 Å². The SMILES string of the molecule is CC(C)(C)OC(=O)CCC[C@H](NC(=O)OCc1ccccc1)C(=O)[O-]. The number of benzene rings is 1. The summed E-state index contributed by atoms with van der Waals surface area (Å²) in [6.45, 7) is 5.28. The Kier molecular flexibility index (Phi) is 7.91. The Labute approximate surface area is 147 Å². The molecule has 25 heavy (non-hydrogen) atoms. The molecular formula is C18H24NO6-. The van der Waals surface area contributed by atoms with Gasteiger partial charge in [-0.2, -0.15) is 0 Å². The van der Waals surface area contributed by atoms with Crippen LogP contribution < -0.4 is 10.4 Å². The highest BCUT2D eigenvalue weighted by Crippen LogP contribution is 2.11. The van der Waals surface area contributed by atoms with Crippen LogP contribution in [0.2, 0.25) is 0 Å². The summed E-state index contributed by atoms with van der Waals surface area (Å²) in [5, 5.41) is 13.3. The van der Waals surface area contributed by atoms with Gasteiger partial charge in [-0.1, -0.05) is 30.3 Å². The first-order valence-electron chi connectivity index (χ1n) is 8.07. The van der Waals surface area contributed by atoms with Crippen molar-refractivity contribution in [1.82, 2.24) is 5.32 Å². The van der Waals surface area contributed by atoms with Crippen LogP contribution in [0.5, 0.6) is 0 Å². The molecule has 0 heterocycles. The van der Waals surface area contributed by atoms with Crippen LogP contribution in [0.3, 0.4) is 0 Å². The maximum atomic E-state index is 11.7. The van der Waals surface area contributed by atoms with E-state index in [9.17, 15) is 19.5 Å². The van der Waals surface area contributed by atoms with Crippen molar-refractivity contribution in [3.05, 3.63) is 35.9 Å². The van der Waals surface area contributed by atoms with Gasteiger partial charge in [-0.25, -0.2) is 4.79 Å². The number of amides is 1. The van der Waals surface area contributed by atoms with E-state index >= 15 is 0 Å². The zero-order valence-electron chi connectivity index (χ0n) is 14.7. The highest BCUT2D eigenvalue weighted by molar-refractivity contribution is 5.78. The number of carboxylic acids is 1. The van der Waals surface area contributed by atoms with Crippen molar-refractivity contribution in [2.75, 3.05) is 0 Å². The van der Waals surface area contributed by atoms with Crippen LogP contribution in [-0.2, 0) is 25.7 Å². The maximum Gasteiger partial charge on any atom is 0.407 e. The molecule has 0 unspecified atom stereocenters. The third-order valence-corrected chi connectivity index (χ3v) is 3.08. The monoisotopic (exact) mass is 350 g/mol. The number of esters is 1. The highest BCUT2D eigenvalue weighted by atomic mass is 16.6. The van der Waals surface area contributed by atoms with Crippen molar-refractivity contribution in [1.29, 1.82) is 0 Å². The molecule has 0 bridgehead atoms. The molecule has 1 atom stereocenters. The zero-order valence-corrected chi connectivity index (χ0v) is 14.7. The minimum Gasteiger partial charge on any atom is -0.548 e. The molecular weight excluding hydrogens is 326 g/mol. The van der Waals surface area contributed by atoms with Crippen LogP contribution in [-0.4, -0.2) is 29.7 Å². The van der Waals surface area contributed by atoms with Gasteiger partial charge in [0.1, 0.15) is 12.2 Å². The molecule has 7 heteroatoms. The standard InChI is InChI=1S/C18H25NO6/c1-18(2,3)25-15(20)11-7-10-14(16(21)22)19-17(23)24-12-13-8-5-4-6-9-13/h4-6,8-9,14H,7,10-12H2,1-3H3,(H,19,23)(H,21,22)/p-1/t14-/m0/s1. The van der Waals surface area contributed by atoms with Crippen LogP contribution >= 0.6 is 0 Å². The van der Waals surface area contributed by atoms with Gasteiger partial charge in [-0.15, -0.1) is 0 Å². The molecule has 138 valence electrons. The van der Waals surface area contributed by atoms with E-state index in [-0.39, 0.29) is 25.9 Å². The largest absolute Gasteiger partial charge is 0.548 e. The summed E-state index contributed by atoms with van der Waals surface area (Å²) in [7, 11) is 0. The number of aliphatic carboxylic acids is 1. The summed E-state index contributed by atoms with van der Waals surface area (Å²) in [6, 6.07) is 7.77. The Morgan fingerprint density at radius 2 is 1.80 bits per heavy atom. The van der Waals surface area contributed by atoms with E-state index in [0.29, 0.717) is 0 Å². The Morgan fingerprint density at radius 3 is 2.36 bits per heavy atom. The quantitative estimate of drug-likeness (QED) is 0.713. The van der Waals surface area contributed by atoms with E-state index in [1.165, 1.54) is 0 Å². The van der Waals surface area contributed by atoms with Gasteiger partial charge in [-0.05, 0) is 39.2 Å². The molecule has 7 nitrogen and oxygen atoms in total. The first-order chi connectivity index (χ1) is 11.7. The predicted molar refractivity (Wildman–Crippen MR) is 88.3 cm³/mol. The van der Waals surface area contributed by atoms with Crippen molar-refractivity contribution in [2.24, 2.45) is 0 Å². The second-order valence-electron chi connectivity index (χ2n) is 6.56. The van der Waals surface area contributed by atoms with Crippen molar-refractivity contribution in [2.45, 2.75) is 58.3 Å². The lowest BCUT2D eigenvalue weighted by Gasteiger charge is -2.21. The van der Waals surface area contributed by atoms with E-state index in [4.69, 9.17) is 9.47 Å². The van der Waals surface area contributed by atoms with Gasteiger partial charge >= 0.3 is 12.1 Å². The second kappa shape index (κ2) is 9.66. The molecule has 1 rings (SSSR count). The number of hydrogen-bond donors (Lipinski definition) is 1. The molecule has 1 amide bonds. The lowest BCUT2D eigenvalue weighted by atomic mass is 10.1. The van der Waals surface area contributed by atoms with Crippen molar-refractivity contribution >= 4 is 18.0 Å². The Bertz CT molecular complexity index is 579. The number of hydrogen-bond acceptors (Lipinski definition) is 6. The predicted octanol–water partition coefficient (Wildman–Crippen LogP) is 1.54. The summed E-state index contributed by atoms with van der Waals surface area (Å²) in [5.74, 6) is -1.85. The molecule has 1 aromatic rings. The molecule has 0 aliphatic rings. The number of alkyl carbamates (subject to hydrolysis) is 1. The van der Waals surface area contributed by atoms with Crippen molar-refractivity contribution in [3.8, 4) is 0 Å². The van der Waals surface area contributed by atoms with Crippen LogP contribution in [0.15, 0.2) is 30.3 Å². The van der Waals surface area contributed by atoms with E-state index in [1.807, 2.05) is 6.07 Å². The van der Waals surface area contributed by atoms with E-state index in [2.05, 4.69) is 5.32 Å². The Morgan fingerprint density at radius 1 is 1.16 bits per heavy atom. The zero-order chi connectivity index (χ0) is 18.9. The summed E-state index contributed by atoms with van der Waals surface area (Å²) < 4.78 is 10.1. The molecule has 0 spiro atoms. The number of carbonyl (C=O) groups is 3.